The zero-order chi connectivity index (χ0) is 16.3. The van der Waals surface area contributed by atoms with Gasteiger partial charge in [0.15, 0.2) is 0 Å². The van der Waals surface area contributed by atoms with Crippen LogP contribution in [0.5, 0.6) is 0 Å². The van der Waals surface area contributed by atoms with Crippen molar-refractivity contribution in [1.82, 2.24) is 19.4 Å². The zero-order valence-electron chi connectivity index (χ0n) is 13.4. The van der Waals surface area contributed by atoms with Crippen LogP contribution in [-0.4, -0.2) is 47.8 Å². The number of carbonyl (C=O) groups is 1. The number of hydrogen-bond acceptors (Lipinski definition) is 4. The molecule has 1 aliphatic rings. The molecule has 0 radical (unpaired) electrons. The SMILES string of the molecule is CCn1cc(CNC(=O)[C@@H]2CCCN(S(C)(=O)=O)C2)c(C)n1. The molecule has 2 heterocycles. The summed E-state index contributed by atoms with van der Waals surface area (Å²) in [6.07, 6.45) is 4.57. The minimum absolute atomic E-state index is 0.0861. The van der Waals surface area contributed by atoms with E-state index in [1.807, 2.05) is 24.7 Å². The highest BCUT2D eigenvalue weighted by Crippen LogP contribution is 2.19. The Morgan fingerprint density at radius 2 is 2.23 bits per heavy atom. The van der Waals surface area contributed by atoms with Crippen molar-refractivity contribution in [2.75, 3.05) is 19.3 Å². The van der Waals surface area contributed by atoms with E-state index < -0.39 is 10.0 Å². The number of aryl methyl sites for hydroxylation is 2. The van der Waals surface area contributed by atoms with E-state index in [2.05, 4.69) is 10.4 Å². The highest BCUT2D eigenvalue weighted by Gasteiger charge is 2.30. The van der Waals surface area contributed by atoms with Crippen LogP contribution in [0.4, 0.5) is 0 Å². The van der Waals surface area contributed by atoms with E-state index >= 15 is 0 Å². The van der Waals surface area contributed by atoms with Crippen LogP contribution in [0, 0.1) is 12.8 Å². The van der Waals surface area contributed by atoms with Crippen molar-refractivity contribution >= 4 is 15.9 Å². The fraction of sp³-hybridized carbons (Fsp3) is 0.714. The van der Waals surface area contributed by atoms with Crippen LogP contribution in [-0.2, 0) is 27.9 Å². The quantitative estimate of drug-likeness (QED) is 0.853. The largest absolute Gasteiger partial charge is 0.352 e. The van der Waals surface area contributed by atoms with Crippen LogP contribution >= 0.6 is 0 Å². The topological polar surface area (TPSA) is 84.3 Å². The second kappa shape index (κ2) is 6.78. The van der Waals surface area contributed by atoms with Crippen molar-refractivity contribution in [2.24, 2.45) is 5.92 Å². The van der Waals surface area contributed by atoms with Crippen molar-refractivity contribution in [3.05, 3.63) is 17.5 Å². The van der Waals surface area contributed by atoms with E-state index in [-0.39, 0.29) is 18.4 Å². The van der Waals surface area contributed by atoms with Crippen LogP contribution in [0.15, 0.2) is 6.20 Å². The van der Waals surface area contributed by atoms with Gasteiger partial charge in [-0.2, -0.15) is 5.10 Å². The average molecular weight is 328 g/mol. The Hall–Kier alpha value is -1.41. The van der Waals surface area contributed by atoms with Crippen LogP contribution in [0.3, 0.4) is 0 Å². The predicted octanol–water partition coefficient (Wildman–Crippen LogP) is 0.499. The summed E-state index contributed by atoms with van der Waals surface area (Å²) in [5, 5.41) is 7.25. The van der Waals surface area contributed by atoms with Crippen LogP contribution < -0.4 is 5.32 Å². The lowest BCUT2D eigenvalue weighted by atomic mass is 9.99. The minimum Gasteiger partial charge on any atom is -0.352 e. The molecule has 0 aromatic carbocycles. The van der Waals surface area contributed by atoms with Gasteiger partial charge < -0.3 is 5.32 Å². The van der Waals surface area contributed by atoms with Gasteiger partial charge in [-0.3, -0.25) is 9.48 Å². The number of sulfonamides is 1. The summed E-state index contributed by atoms with van der Waals surface area (Å²) in [4.78, 5) is 12.3. The fourth-order valence-electron chi connectivity index (χ4n) is 2.68. The van der Waals surface area contributed by atoms with Gasteiger partial charge in [-0.15, -0.1) is 0 Å². The van der Waals surface area contributed by atoms with Gasteiger partial charge in [0.1, 0.15) is 0 Å². The van der Waals surface area contributed by atoms with Gasteiger partial charge in [0.2, 0.25) is 15.9 Å². The van der Waals surface area contributed by atoms with Gasteiger partial charge in [-0.25, -0.2) is 12.7 Å². The second-order valence-electron chi connectivity index (χ2n) is 5.77. The van der Waals surface area contributed by atoms with Gasteiger partial charge >= 0.3 is 0 Å². The molecular weight excluding hydrogens is 304 g/mol. The molecule has 1 saturated heterocycles. The molecule has 0 saturated carbocycles. The number of rotatable bonds is 5. The van der Waals surface area contributed by atoms with Crippen molar-refractivity contribution in [2.45, 2.75) is 39.8 Å². The lowest BCUT2D eigenvalue weighted by Crippen LogP contribution is -2.44. The van der Waals surface area contributed by atoms with Crippen molar-refractivity contribution in [3.8, 4) is 0 Å². The number of amides is 1. The third kappa shape index (κ3) is 4.07. The van der Waals surface area contributed by atoms with Gasteiger partial charge in [0.05, 0.1) is 17.9 Å². The fourth-order valence-corrected chi connectivity index (χ4v) is 3.59. The van der Waals surface area contributed by atoms with Gasteiger partial charge in [0, 0.05) is 37.9 Å². The Labute approximate surface area is 131 Å². The van der Waals surface area contributed by atoms with Gasteiger partial charge in [0.25, 0.3) is 0 Å². The molecular formula is C14H24N4O3S. The number of hydrogen-bond donors (Lipinski definition) is 1. The second-order valence-corrected chi connectivity index (χ2v) is 7.76. The summed E-state index contributed by atoms with van der Waals surface area (Å²) >= 11 is 0. The first-order valence-corrected chi connectivity index (χ1v) is 9.42. The Morgan fingerprint density at radius 1 is 1.50 bits per heavy atom. The summed E-state index contributed by atoms with van der Waals surface area (Å²) in [5.41, 5.74) is 1.90. The average Bonchev–Trinajstić information content (AvgIpc) is 2.84. The Bertz CT molecular complexity index is 639. The van der Waals surface area contributed by atoms with E-state index in [1.165, 1.54) is 10.6 Å². The van der Waals surface area contributed by atoms with Crippen molar-refractivity contribution in [1.29, 1.82) is 0 Å². The molecule has 7 nitrogen and oxygen atoms in total. The molecule has 1 amide bonds. The molecule has 22 heavy (non-hydrogen) atoms. The maximum absolute atomic E-state index is 12.3. The van der Waals surface area contributed by atoms with Crippen LogP contribution in [0.25, 0.3) is 0 Å². The predicted molar refractivity (Wildman–Crippen MR) is 83.6 cm³/mol. The van der Waals surface area contributed by atoms with E-state index in [1.54, 1.807) is 0 Å². The van der Waals surface area contributed by atoms with E-state index in [9.17, 15) is 13.2 Å². The third-order valence-electron chi connectivity index (χ3n) is 4.05. The molecule has 1 aliphatic heterocycles. The minimum atomic E-state index is -3.23. The van der Waals surface area contributed by atoms with E-state index in [0.717, 1.165) is 30.6 Å². The summed E-state index contributed by atoms with van der Waals surface area (Å²) in [7, 11) is -3.23. The van der Waals surface area contributed by atoms with Gasteiger partial charge in [-0.1, -0.05) is 0 Å². The monoisotopic (exact) mass is 328 g/mol. The molecule has 0 aliphatic carbocycles. The molecule has 1 aromatic heterocycles. The molecule has 124 valence electrons. The first kappa shape index (κ1) is 17.0. The summed E-state index contributed by atoms with van der Waals surface area (Å²) in [5.74, 6) is -0.359. The standard InChI is InChI=1S/C14H24N4O3S/c1-4-17-9-13(11(2)16-17)8-15-14(19)12-6-5-7-18(10-12)22(3,20)21/h9,12H,4-8,10H2,1-3H3,(H,15,19)/t12-/m1/s1. The molecule has 1 aromatic rings. The number of nitrogens with one attached hydrogen (secondary N) is 1. The first-order chi connectivity index (χ1) is 10.3. The molecule has 8 heteroatoms. The molecule has 0 spiro atoms. The molecule has 1 atom stereocenters. The summed E-state index contributed by atoms with van der Waals surface area (Å²) in [6.45, 7) is 5.93. The maximum Gasteiger partial charge on any atom is 0.224 e. The number of piperidine rings is 1. The lowest BCUT2D eigenvalue weighted by Gasteiger charge is -2.30. The normalized spacial score (nSPS) is 20.0. The Morgan fingerprint density at radius 3 is 2.82 bits per heavy atom. The van der Waals surface area contributed by atoms with E-state index in [4.69, 9.17) is 0 Å². The molecule has 2 rings (SSSR count). The number of nitrogens with zero attached hydrogens (tertiary/aromatic N) is 3. The molecule has 1 N–H and O–H groups in total. The van der Waals surface area contributed by atoms with Crippen molar-refractivity contribution in [3.63, 3.8) is 0 Å². The smallest absolute Gasteiger partial charge is 0.224 e. The first-order valence-electron chi connectivity index (χ1n) is 7.57. The number of carbonyl (C=O) groups excluding carboxylic acids is 1. The van der Waals surface area contributed by atoms with E-state index in [0.29, 0.717) is 13.1 Å². The Kier molecular flexibility index (Phi) is 5.23. The molecule has 0 bridgehead atoms. The molecule has 1 fully saturated rings. The zero-order valence-corrected chi connectivity index (χ0v) is 14.2. The summed E-state index contributed by atoms with van der Waals surface area (Å²) < 4.78 is 26.4. The Balaban J connectivity index is 1.93. The van der Waals surface area contributed by atoms with Crippen molar-refractivity contribution < 1.29 is 13.2 Å². The maximum atomic E-state index is 12.3. The van der Waals surface area contributed by atoms with Crippen LogP contribution in [0.2, 0.25) is 0 Å². The molecule has 0 unspecified atom stereocenters. The van der Waals surface area contributed by atoms with Gasteiger partial charge in [-0.05, 0) is 26.7 Å². The van der Waals surface area contributed by atoms with Crippen LogP contribution in [0.1, 0.15) is 31.0 Å². The third-order valence-corrected chi connectivity index (χ3v) is 5.32. The highest BCUT2D eigenvalue weighted by atomic mass is 32.2. The lowest BCUT2D eigenvalue weighted by molar-refractivity contribution is -0.126. The summed E-state index contributed by atoms with van der Waals surface area (Å²) in [6, 6.07) is 0. The number of aromatic nitrogens is 2. The highest BCUT2D eigenvalue weighted by molar-refractivity contribution is 7.88.